The van der Waals surface area contributed by atoms with Gasteiger partial charge in [0.25, 0.3) is 0 Å². The van der Waals surface area contributed by atoms with Crippen LogP contribution in [-0.2, 0) is 19.4 Å². The molecular formula is C23H27N3O5S2. The van der Waals surface area contributed by atoms with Gasteiger partial charge in [-0.25, -0.2) is 8.42 Å². The zero-order valence-corrected chi connectivity index (χ0v) is 20.2. The topological polar surface area (TPSA) is 96.0 Å². The van der Waals surface area contributed by atoms with E-state index in [1.807, 2.05) is 24.3 Å². The molecule has 0 saturated carbocycles. The highest BCUT2D eigenvalue weighted by molar-refractivity contribution is 8.01. The van der Waals surface area contributed by atoms with Gasteiger partial charge in [0.1, 0.15) is 5.75 Å². The maximum absolute atomic E-state index is 12.8. The molecule has 1 N–H and O–H groups in total. The Labute approximate surface area is 198 Å². The number of carbonyl (C=O) groups is 2. The highest BCUT2D eigenvalue weighted by Crippen LogP contribution is 2.37. The molecule has 2 aromatic carbocycles. The molecule has 2 aromatic rings. The summed E-state index contributed by atoms with van der Waals surface area (Å²) in [6.07, 6.45) is -0.0772. The van der Waals surface area contributed by atoms with E-state index in [0.29, 0.717) is 31.9 Å². The summed E-state index contributed by atoms with van der Waals surface area (Å²) in [5.74, 6) is 0.199. The summed E-state index contributed by atoms with van der Waals surface area (Å²) in [5, 5.41) is 2.53. The summed E-state index contributed by atoms with van der Waals surface area (Å²) in [6, 6.07) is 12.5. The van der Waals surface area contributed by atoms with Crippen LogP contribution in [0.25, 0.3) is 0 Å². The number of benzene rings is 2. The van der Waals surface area contributed by atoms with Crippen molar-refractivity contribution in [3.63, 3.8) is 0 Å². The lowest BCUT2D eigenvalue weighted by Gasteiger charge is -2.36. The number of hydrogen-bond acceptors (Lipinski definition) is 7. The third kappa shape index (κ3) is 5.11. The lowest BCUT2D eigenvalue weighted by molar-refractivity contribution is -0.131. The van der Waals surface area contributed by atoms with Gasteiger partial charge < -0.3 is 19.9 Å². The molecule has 2 aliphatic heterocycles. The zero-order valence-electron chi connectivity index (χ0n) is 18.6. The van der Waals surface area contributed by atoms with Crippen molar-refractivity contribution in [2.45, 2.75) is 28.4 Å². The predicted octanol–water partition coefficient (Wildman–Crippen LogP) is 2.64. The molecule has 1 fully saturated rings. The third-order valence-electron chi connectivity index (χ3n) is 5.88. The Morgan fingerprint density at radius 1 is 1.15 bits per heavy atom. The zero-order chi connectivity index (χ0) is 23.6. The Balaban J connectivity index is 1.34. The van der Waals surface area contributed by atoms with E-state index in [1.165, 1.54) is 17.8 Å². The molecule has 8 nitrogen and oxygen atoms in total. The molecule has 0 unspecified atom stereocenters. The van der Waals surface area contributed by atoms with Gasteiger partial charge in [-0.15, -0.1) is 11.8 Å². The van der Waals surface area contributed by atoms with E-state index in [1.54, 1.807) is 31.1 Å². The molecule has 0 bridgehead atoms. The van der Waals surface area contributed by atoms with Crippen molar-refractivity contribution < 1.29 is 22.7 Å². The van der Waals surface area contributed by atoms with Crippen molar-refractivity contribution in [1.82, 2.24) is 4.90 Å². The predicted molar refractivity (Wildman–Crippen MR) is 129 cm³/mol. The molecule has 2 amide bonds. The summed E-state index contributed by atoms with van der Waals surface area (Å²) in [4.78, 5) is 29.5. The van der Waals surface area contributed by atoms with Gasteiger partial charge in [0.2, 0.25) is 11.8 Å². The molecule has 1 atom stereocenters. The van der Waals surface area contributed by atoms with Gasteiger partial charge in [-0.05, 0) is 37.3 Å². The van der Waals surface area contributed by atoms with Gasteiger partial charge in [0.15, 0.2) is 9.84 Å². The van der Waals surface area contributed by atoms with Crippen LogP contribution in [0.5, 0.6) is 5.75 Å². The summed E-state index contributed by atoms with van der Waals surface area (Å²) in [7, 11) is -2.02. The Morgan fingerprint density at radius 3 is 2.61 bits per heavy atom. The fourth-order valence-corrected chi connectivity index (χ4v) is 6.15. The normalized spacial score (nSPS) is 18.5. The van der Waals surface area contributed by atoms with Crippen molar-refractivity contribution in [1.29, 1.82) is 0 Å². The largest absolute Gasteiger partial charge is 0.495 e. The number of piperazine rings is 1. The number of para-hydroxylation sites is 2. The number of methoxy groups -OCH3 is 1. The lowest BCUT2D eigenvalue weighted by atomic mass is 10.2. The van der Waals surface area contributed by atoms with Crippen LogP contribution in [0.4, 0.5) is 11.4 Å². The number of hydrogen-bond donors (Lipinski definition) is 1. The first kappa shape index (κ1) is 23.4. The molecular weight excluding hydrogens is 462 g/mol. The third-order valence-corrected chi connectivity index (χ3v) is 8.78. The first-order chi connectivity index (χ1) is 15.8. The molecule has 0 aliphatic carbocycles. The van der Waals surface area contributed by atoms with Crippen LogP contribution in [0.15, 0.2) is 52.3 Å². The Kier molecular flexibility index (Phi) is 6.85. The van der Waals surface area contributed by atoms with Crippen LogP contribution < -0.4 is 15.0 Å². The minimum absolute atomic E-state index is 0.0772. The van der Waals surface area contributed by atoms with Crippen LogP contribution in [0, 0.1) is 0 Å². The number of anilines is 2. The molecule has 2 heterocycles. The smallest absolute Gasteiger partial charge is 0.237 e. The first-order valence-corrected chi connectivity index (χ1v) is 13.3. The van der Waals surface area contributed by atoms with E-state index in [0.717, 1.165) is 16.3 Å². The monoisotopic (exact) mass is 489 g/mol. The number of carbonyl (C=O) groups excluding carboxylic acids is 2. The number of sulfone groups is 1. The van der Waals surface area contributed by atoms with Crippen molar-refractivity contribution in [3.8, 4) is 5.75 Å². The second-order valence-corrected chi connectivity index (χ2v) is 11.5. The van der Waals surface area contributed by atoms with Gasteiger partial charge in [0.05, 0.1) is 34.4 Å². The minimum Gasteiger partial charge on any atom is -0.495 e. The number of amides is 2. The van der Waals surface area contributed by atoms with Crippen molar-refractivity contribution in [2.24, 2.45) is 0 Å². The SMILES string of the molecule is COc1ccccc1N1CCN(C(=O)CCS(=O)(=O)c2ccc3c(c2)NC(=O)[C@H](C)S3)CC1. The average molecular weight is 490 g/mol. The number of nitrogens with one attached hydrogen (secondary N) is 1. The molecule has 33 heavy (non-hydrogen) atoms. The van der Waals surface area contributed by atoms with E-state index >= 15 is 0 Å². The number of thioether (sulfide) groups is 1. The van der Waals surface area contributed by atoms with Crippen LogP contribution in [-0.4, -0.2) is 69.4 Å². The van der Waals surface area contributed by atoms with Crippen LogP contribution in [0.2, 0.25) is 0 Å². The molecule has 0 radical (unpaired) electrons. The van der Waals surface area contributed by atoms with E-state index in [2.05, 4.69) is 10.2 Å². The summed E-state index contributed by atoms with van der Waals surface area (Å²) in [6.45, 7) is 4.16. The molecule has 0 aromatic heterocycles. The Morgan fingerprint density at radius 2 is 1.88 bits per heavy atom. The number of rotatable bonds is 6. The van der Waals surface area contributed by atoms with Crippen molar-refractivity contribution in [3.05, 3.63) is 42.5 Å². The molecule has 10 heteroatoms. The summed E-state index contributed by atoms with van der Waals surface area (Å²) in [5.41, 5.74) is 1.49. The molecule has 0 spiro atoms. The second kappa shape index (κ2) is 9.64. The number of fused-ring (bicyclic) bond motifs is 1. The number of nitrogens with zero attached hydrogens (tertiary/aromatic N) is 2. The van der Waals surface area contributed by atoms with Crippen molar-refractivity contribution in [2.75, 3.05) is 49.3 Å². The van der Waals surface area contributed by atoms with E-state index in [-0.39, 0.29) is 34.1 Å². The van der Waals surface area contributed by atoms with E-state index in [9.17, 15) is 18.0 Å². The quantitative estimate of drug-likeness (QED) is 0.666. The summed E-state index contributed by atoms with van der Waals surface area (Å²) < 4.78 is 31.1. The fourth-order valence-electron chi connectivity index (χ4n) is 3.97. The average Bonchev–Trinajstić information content (AvgIpc) is 2.83. The molecule has 2 aliphatic rings. The maximum atomic E-state index is 12.8. The molecule has 176 valence electrons. The van der Waals surface area contributed by atoms with Gasteiger partial charge in [-0.3, -0.25) is 9.59 Å². The lowest BCUT2D eigenvalue weighted by Crippen LogP contribution is -2.49. The van der Waals surface area contributed by atoms with Crippen molar-refractivity contribution >= 4 is 44.8 Å². The fraction of sp³-hybridized carbons (Fsp3) is 0.391. The molecule has 1 saturated heterocycles. The highest BCUT2D eigenvalue weighted by Gasteiger charge is 2.27. The van der Waals surface area contributed by atoms with Gasteiger partial charge >= 0.3 is 0 Å². The van der Waals surface area contributed by atoms with Gasteiger partial charge in [-0.1, -0.05) is 12.1 Å². The van der Waals surface area contributed by atoms with Gasteiger partial charge in [-0.2, -0.15) is 0 Å². The number of ether oxygens (including phenoxy) is 1. The summed E-state index contributed by atoms with van der Waals surface area (Å²) >= 11 is 1.40. The van der Waals surface area contributed by atoms with Gasteiger partial charge in [0, 0.05) is 37.5 Å². The second-order valence-electron chi connectivity index (χ2n) is 8.02. The maximum Gasteiger partial charge on any atom is 0.237 e. The van der Waals surface area contributed by atoms with Crippen LogP contribution in [0.1, 0.15) is 13.3 Å². The molecule has 4 rings (SSSR count). The van der Waals surface area contributed by atoms with E-state index < -0.39 is 9.84 Å². The highest BCUT2D eigenvalue weighted by atomic mass is 32.2. The van der Waals surface area contributed by atoms with E-state index in [4.69, 9.17) is 4.74 Å². The Bertz CT molecular complexity index is 1160. The van der Waals surface area contributed by atoms with Crippen LogP contribution in [0.3, 0.4) is 0 Å². The standard InChI is InChI=1S/C23H27N3O5S2/c1-16-23(28)24-18-15-17(7-8-21(18)32-16)33(29,30)14-9-22(27)26-12-10-25(11-13-26)19-5-3-4-6-20(19)31-2/h3-8,15-16H,9-14H2,1-2H3,(H,24,28)/t16-/m0/s1. The first-order valence-electron chi connectivity index (χ1n) is 10.8. The van der Waals surface area contributed by atoms with Crippen LogP contribution >= 0.6 is 11.8 Å². The minimum atomic E-state index is -3.66. The Hall–Kier alpha value is -2.72.